The minimum absolute atomic E-state index is 0. The van der Waals surface area contributed by atoms with Gasteiger partial charge in [-0.25, -0.2) is 0 Å². The van der Waals surface area contributed by atoms with Crippen LogP contribution in [0.3, 0.4) is 0 Å². The molecule has 1 heterocycles. The van der Waals surface area contributed by atoms with E-state index in [2.05, 4.69) is 29.4 Å². The predicted octanol–water partition coefficient (Wildman–Crippen LogP) is 2.99. The molecule has 1 amide bonds. The molecule has 0 bridgehead atoms. The molecule has 1 aliphatic rings. The van der Waals surface area contributed by atoms with Crippen LogP contribution in [0.4, 0.5) is 5.69 Å². The molecule has 0 spiro atoms. The third kappa shape index (κ3) is 5.48. The quantitative estimate of drug-likeness (QED) is 0.837. The zero-order chi connectivity index (χ0) is 16.2. The van der Waals surface area contributed by atoms with E-state index in [9.17, 15) is 4.79 Å². The number of hydrogen-bond donors (Lipinski definition) is 2. The molecule has 5 heteroatoms. The Morgan fingerprint density at radius 2 is 2.00 bits per heavy atom. The second-order valence-corrected chi connectivity index (χ2v) is 6.86. The maximum Gasteiger partial charge on any atom is 0.238 e. The van der Waals surface area contributed by atoms with E-state index in [1.807, 2.05) is 32.0 Å². The number of hydrogen-bond acceptors (Lipinski definition) is 3. The van der Waals surface area contributed by atoms with Gasteiger partial charge in [0.2, 0.25) is 5.91 Å². The normalized spacial score (nSPS) is 20.4. The van der Waals surface area contributed by atoms with Crippen LogP contribution in [-0.4, -0.2) is 43.5 Å². The topological polar surface area (TPSA) is 44.4 Å². The van der Waals surface area contributed by atoms with Gasteiger partial charge < -0.3 is 10.6 Å². The van der Waals surface area contributed by atoms with Crippen molar-refractivity contribution in [3.8, 4) is 0 Å². The molecule has 130 valence electrons. The number of nitrogens with one attached hydrogen (secondary N) is 2. The number of rotatable bonds is 6. The molecule has 0 radical (unpaired) electrons. The maximum absolute atomic E-state index is 12.4. The number of carbonyl (C=O) groups is 1. The van der Waals surface area contributed by atoms with Crippen molar-refractivity contribution in [1.82, 2.24) is 10.2 Å². The largest absolute Gasteiger partial charge is 0.324 e. The average molecular weight is 340 g/mol. The van der Waals surface area contributed by atoms with Gasteiger partial charge in [0.05, 0.1) is 6.54 Å². The molecule has 1 aromatic rings. The van der Waals surface area contributed by atoms with Crippen molar-refractivity contribution in [2.24, 2.45) is 5.41 Å². The zero-order valence-corrected chi connectivity index (χ0v) is 15.6. The van der Waals surface area contributed by atoms with Crippen molar-refractivity contribution in [2.45, 2.75) is 34.1 Å². The predicted molar refractivity (Wildman–Crippen MR) is 99.5 cm³/mol. The first-order chi connectivity index (χ1) is 10.4. The number of likely N-dealkylation sites (N-methyl/N-ethyl adjacent to an activating group) is 1. The van der Waals surface area contributed by atoms with Crippen molar-refractivity contribution in [2.75, 3.05) is 38.0 Å². The summed E-state index contributed by atoms with van der Waals surface area (Å²) in [6, 6.07) is 6.09. The first kappa shape index (κ1) is 19.9. The van der Waals surface area contributed by atoms with E-state index in [1.165, 1.54) is 6.42 Å². The Kier molecular flexibility index (Phi) is 7.52. The van der Waals surface area contributed by atoms with Crippen molar-refractivity contribution in [3.05, 3.63) is 29.3 Å². The fraction of sp³-hybridized carbons (Fsp3) is 0.611. The van der Waals surface area contributed by atoms with Crippen LogP contribution in [0.1, 0.15) is 31.4 Å². The van der Waals surface area contributed by atoms with E-state index in [-0.39, 0.29) is 23.7 Å². The SMILES string of the molecule is CCN(CC(=O)Nc1c(C)cccc1C)CC1(C)CCNC1.Cl. The fourth-order valence-electron chi connectivity index (χ4n) is 3.22. The first-order valence-corrected chi connectivity index (χ1v) is 8.23. The van der Waals surface area contributed by atoms with Gasteiger partial charge in [0.1, 0.15) is 0 Å². The monoisotopic (exact) mass is 339 g/mol. The number of nitrogens with zero attached hydrogens (tertiary/aromatic N) is 1. The molecule has 0 aliphatic carbocycles. The highest BCUT2D eigenvalue weighted by Crippen LogP contribution is 2.25. The molecular formula is C18H30ClN3O. The van der Waals surface area contributed by atoms with Gasteiger partial charge in [-0.15, -0.1) is 12.4 Å². The summed E-state index contributed by atoms with van der Waals surface area (Å²) < 4.78 is 0. The van der Waals surface area contributed by atoms with Crippen LogP contribution in [0.15, 0.2) is 18.2 Å². The molecule has 1 aromatic carbocycles. The molecule has 4 nitrogen and oxygen atoms in total. The van der Waals surface area contributed by atoms with Gasteiger partial charge in [-0.3, -0.25) is 9.69 Å². The standard InChI is InChI=1S/C18H29N3O.ClH/c1-5-21(13-18(4)9-10-19-12-18)11-16(22)20-17-14(2)7-6-8-15(17)3;/h6-8,19H,5,9-13H2,1-4H3,(H,20,22);1H. The fourth-order valence-corrected chi connectivity index (χ4v) is 3.22. The third-order valence-electron chi connectivity index (χ3n) is 4.62. The summed E-state index contributed by atoms with van der Waals surface area (Å²) in [5.41, 5.74) is 3.47. The van der Waals surface area contributed by atoms with E-state index < -0.39 is 0 Å². The van der Waals surface area contributed by atoms with Gasteiger partial charge in [0.15, 0.2) is 0 Å². The summed E-state index contributed by atoms with van der Waals surface area (Å²) in [7, 11) is 0. The highest BCUT2D eigenvalue weighted by atomic mass is 35.5. The molecule has 2 rings (SSSR count). The maximum atomic E-state index is 12.4. The van der Waals surface area contributed by atoms with Crippen LogP contribution in [-0.2, 0) is 4.79 Å². The molecule has 2 N–H and O–H groups in total. The van der Waals surface area contributed by atoms with Crippen molar-refractivity contribution >= 4 is 24.0 Å². The van der Waals surface area contributed by atoms with E-state index >= 15 is 0 Å². The Bertz CT molecular complexity index is 507. The lowest BCUT2D eigenvalue weighted by Crippen LogP contribution is -2.41. The second-order valence-electron chi connectivity index (χ2n) is 6.86. The number of benzene rings is 1. The van der Waals surface area contributed by atoms with Gasteiger partial charge in [-0.1, -0.05) is 32.0 Å². The highest BCUT2D eigenvalue weighted by Gasteiger charge is 2.30. The minimum Gasteiger partial charge on any atom is -0.324 e. The Labute approximate surface area is 146 Å². The third-order valence-corrected chi connectivity index (χ3v) is 4.62. The molecule has 1 aliphatic heterocycles. The van der Waals surface area contributed by atoms with Crippen LogP contribution < -0.4 is 10.6 Å². The zero-order valence-electron chi connectivity index (χ0n) is 14.7. The Morgan fingerprint density at radius 1 is 1.35 bits per heavy atom. The number of carbonyl (C=O) groups excluding carboxylic acids is 1. The van der Waals surface area contributed by atoms with Gasteiger partial charge in [0, 0.05) is 18.8 Å². The molecule has 0 saturated carbocycles. The Balaban J connectivity index is 0.00000264. The highest BCUT2D eigenvalue weighted by molar-refractivity contribution is 5.93. The lowest BCUT2D eigenvalue weighted by molar-refractivity contribution is -0.117. The lowest BCUT2D eigenvalue weighted by atomic mass is 9.89. The van der Waals surface area contributed by atoms with Crippen LogP contribution in [0, 0.1) is 19.3 Å². The summed E-state index contributed by atoms with van der Waals surface area (Å²) in [6.07, 6.45) is 1.18. The number of amides is 1. The summed E-state index contributed by atoms with van der Waals surface area (Å²) in [6.45, 7) is 12.9. The van der Waals surface area contributed by atoms with Crippen molar-refractivity contribution < 1.29 is 4.79 Å². The minimum atomic E-state index is 0. The molecule has 1 atom stereocenters. The van der Waals surface area contributed by atoms with Gasteiger partial charge in [-0.05, 0) is 49.9 Å². The van der Waals surface area contributed by atoms with E-state index in [0.717, 1.165) is 43.0 Å². The molecule has 1 fully saturated rings. The van der Waals surface area contributed by atoms with Crippen molar-refractivity contribution in [1.29, 1.82) is 0 Å². The summed E-state index contributed by atoms with van der Waals surface area (Å²) >= 11 is 0. The van der Waals surface area contributed by atoms with Gasteiger partial charge in [0.25, 0.3) is 0 Å². The van der Waals surface area contributed by atoms with E-state index in [1.54, 1.807) is 0 Å². The smallest absolute Gasteiger partial charge is 0.238 e. The Morgan fingerprint density at radius 3 is 2.52 bits per heavy atom. The lowest BCUT2D eigenvalue weighted by Gasteiger charge is -2.30. The molecule has 1 unspecified atom stereocenters. The number of halogens is 1. The second kappa shape index (κ2) is 8.67. The van der Waals surface area contributed by atoms with Gasteiger partial charge >= 0.3 is 0 Å². The summed E-state index contributed by atoms with van der Waals surface area (Å²) in [5.74, 6) is 0.0776. The first-order valence-electron chi connectivity index (χ1n) is 8.23. The Hall–Kier alpha value is -1.10. The molecule has 1 saturated heterocycles. The van der Waals surface area contributed by atoms with Gasteiger partial charge in [-0.2, -0.15) is 0 Å². The van der Waals surface area contributed by atoms with Crippen molar-refractivity contribution in [3.63, 3.8) is 0 Å². The summed E-state index contributed by atoms with van der Waals surface area (Å²) in [5, 5.41) is 6.51. The van der Waals surface area contributed by atoms with Crippen LogP contribution >= 0.6 is 12.4 Å². The molecule has 23 heavy (non-hydrogen) atoms. The number of aryl methyl sites for hydroxylation is 2. The average Bonchev–Trinajstić information content (AvgIpc) is 2.89. The van der Waals surface area contributed by atoms with E-state index in [0.29, 0.717) is 6.54 Å². The molecular weight excluding hydrogens is 310 g/mol. The molecule has 0 aromatic heterocycles. The van der Waals surface area contributed by atoms with Crippen LogP contribution in [0.2, 0.25) is 0 Å². The van der Waals surface area contributed by atoms with E-state index in [4.69, 9.17) is 0 Å². The van der Waals surface area contributed by atoms with Crippen LogP contribution in [0.25, 0.3) is 0 Å². The number of anilines is 1. The number of para-hydroxylation sites is 1. The summed E-state index contributed by atoms with van der Waals surface area (Å²) in [4.78, 5) is 14.6. The van der Waals surface area contributed by atoms with Crippen LogP contribution in [0.5, 0.6) is 0 Å².